The number of benzene rings is 3. The summed E-state index contributed by atoms with van der Waals surface area (Å²) >= 11 is 1.23. The first-order valence-corrected chi connectivity index (χ1v) is 13.5. The SMILES string of the molecule is CCCOc1ccc(-c2nn(-c3ccccc3)cc2/C=c2\sc3nc(-c4ccc(OC)cc4)nn3c2=O)cc1F. The van der Waals surface area contributed by atoms with Gasteiger partial charge in [-0.1, -0.05) is 36.5 Å². The highest BCUT2D eigenvalue weighted by Gasteiger charge is 2.16. The molecule has 40 heavy (non-hydrogen) atoms. The number of fused-ring (bicyclic) bond motifs is 1. The van der Waals surface area contributed by atoms with Crippen LogP contribution in [0.25, 0.3) is 39.4 Å². The summed E-state index contributed by atoms with van der Waals surface area (Å²) in [5, 5.41) is 9.19. The number of hydrogen-bond acceptors (Lipinski definition) is 7. The molecule has 0 atom stereocenters. The van der Waals surface area contributed by atoms with Gasteiger partial charge in [0.05, 0.1) is 23.9 Å². The molecule has 0 saturated carbocycles. The molecular weight excluding hydrogens is 529 g/mol. The Morgan fingerprint density at radius 2 is 1.77 bits per heavy atom. The van der Waals surface area contributed by atoms with Crippen molar-refractivity contribution in [3.8, 4) is 39.8 Å². The Labute approximate surface area is 232 Å². The molecule has 0 spiro atoms. The van der Waals surface area contributed by atoms with Gasteiger partial charge < -0.3 is 9.47 Å². The van der Waals surface area contributed by atoms with Crippen LogP contribution in [0, 0.1) is 5.82 Å². The van der Waals surface area contributed by atoms with E-state index in [0.717, 1.165) is 23.4 Å². The molecule has 0 saturated heterocycles. The Balaban J connectivity index is 1.43. The van der Waals surface area contributed by atoms with Gasteiger partial charge in [0.2, 0.25) is 4.96 Å². The highest BCUT2D eigenvalue weighted by molar-refractivity contribution is 7.15. The van der Waals surface area contributed by atoms with Gasteiger partial charge in [0, 0.05) is 22.9 Å². The van der Waals surface area contributed by atoms with Crippen molar-refractivity contribution in [2.75, 3.05) is 13.7 Å². The smallest absolute Gasteiger partial charge is 0.291 e. The fourth-order valence-electron chi connectivity index (χ4n) is 4.24. The number of nitrogens with zero attached hydrogens (tertiary/aromatic N) is 5. The predicted molar refractivity (Wildman–Crippen MR) is 153 cm³/mol. The Bertz CT molecular complexity index is 1910. The largest absolute Gasteiger partial charge is 0.497 e. The van der Waals surface area contributed by atoms with Gasteiger partial charge in [-0.25, -0.2) is 9.07 Å². The zero-order valence-corrected chi connectivity index (χ0v) is 22.6. The summed E-state index contributed by atoms with van der Waals surface area (Å²) in [5.41, 5.74) is 3.07. The number of para-hydroxylation sites is 1. The van der Waals surface area contributed by atoms with E-state index in [9.17, 15) is 9.18 Å². The molecule has 0 radical (unpaired) electrons. The molecule has 3 aromatic heterocycles. The van der Waals surface area contributed by atoms with E-state index in [1.807, 2.05) is 67.7 Å². The molecule has 0 aliphatic heterocycles. The molecule has 200 valence electrons. The molecule has 0 N–H and O–H groups in total. The molecule has 3 heterocycles. The molecule has 0 bridgehead atoms. The molecule has 0 fully saturated rings. The molecule has 0 amide bonds. The number of rotatable bonds is 8. The molecule has 10 heteroatoms. The Kier molecular flexibility index (Phi) is 6.83. The van der Waals surface area contributed by atoms with Crippen LogP contribution in [0.2, 0.25) is 0 Å². The molecule has 6 rings (SSSR count). The van der Waals surface area contributed by atoms with E-state index >= 15 is 0 Å². The van der Waals surface area contributed by atoms with E-state index in [1.54, 1.807) is 30.0 Å². The summed E-state index contributed by atoms with van der Waals surface area (Å²) in [7, 11) is 1.60. The van der Waals surface area contributed by atoms with Crippen LogP contribution in [0.4, 0.5) is 4.39 Å². The van der Waals surface area contributed by atoms with Gasteiger partial charge in [-0.2, -0.15) is 14.6 Å². The summed E-state index contributed by atoms with van der Waals surface area (Å²) < 4.78 is 29.0. The van der Waals surface area contributed by atoms with Crippen molar-refractivity contribution in [1.29, 1.82) is 0 Å². The van der Waals surface area contributed by atoms with Crippen molar-refractivity contribution in [2.24, 2.45) is 0 Å². The van der Waals surface area contributed by atoms with Crippen LogP contribution in [0.15, 0.2) is 83.8 Å². The van der Waals surface area contributed by atoms with Gasteiger partial charge in [0.25, 0.3) is 5.56 Å². The average molecular weight is 554 g/mol. The van der Waals surface area contributed by atoms with Crippen molar-refractivity contribution in [3.63, 3.8) is 0 Å². The summed E-state index contributed by atoms with van der Waals surface area (Å²) in [5.74, 6) is 0.899. The van der Waals surface area contributed by atoms with Crippen LogP contribution in [0.3, 0.4) is 0 Å². The summed E-state index contributed by atoms with van der Waals surface area (Å²) in [4.78, 5) is 18.4. The first-order valence-electron chi connectivity index (χ1n) is 12.7. The number of aromatic nitrogens is 5. The van der Waals surface area contributed by atoms with E-state index in [1.165, 1.54) is 21.9 Å². The lowest BCUT2D eigenvalue weighted by Crippen LogP contribution is -2.23. The lowest BCUT2D eigenvalue weighted by atomic mass is 10.1. The summed E-state index contributed by atoms with van der Waals surface area (Å²) in [6.07, 6.45) is 4.35. The van der Waals surface area contributed by atoms with Crippen LogP contribution >= 0.6 is 11.3 Å². The minimum Gasteiger partial charge on any atom is -0.497 e. The molecule has 8 nitrogen and oxygen atoms in total. The van der Waals surface area contributed by atoms with Crippen molar-refractivity contribution in [2.45, 2.75) is 13.3 Å². The lowest BCUT2D eigenvalue weighted by Gasteiger charge is -2.07. The monoisotopic (exact) mass is 553 g/mol. The minimum atomic E-state index is -0.472. The topological polar surface area (TPSA) is 83.5 Å². The van der Waals surface area contributed by atoms with Crippen LogP contribution < -0.4 is 19.6 Å². The third kappa shape index (κ3) is 4.85. The van der Waals surface area contributed by atoms with Gasteiger partial charge in [-0.05, 0) is 67.1 Å². The molecule has 3 aromatic carbocycles. The fourth-order valence-corrected chi connectivity index (χ4v) is 5.14. The maximum Gasteiger partial charge on any atom is 0.291 e. The Hall–Kier alpha value is -4.83. The minimum absolute atomic E-state index is 0.193. The van der Waals surface area contributed by atoms with Crippen molar-refractivity contribution >= 4 is 22.4 Å². The number of thiazole rings is 1. The maximum absolute atomic E-state index is 14.9. The van der Waals surface area contributed by atoms with Crippen molar-refractivity contribution < 1.29 is 13.9 Å². The van der Waals surface area contributed by atoms with E-state index in [-0.39, 0.29) is 11.3 Å². The second kappa shape index (κ2) is 10.7. The van der Waals surface area contributed by atoms with Gasteiger partial charge in [0.15, 0.2) is 17.4 Å². The van der Waals surface area contributed by atoms with Gasteiger partial charge in [0.1, 0.15) is 11.4 Å². The lowest BCUT2D eigenvalue weighted by molar-refractivity contribution is 0.301. The second-order valence-electron chi connectivity index (χ2n) is 8.98. The first-order chi connectivity index (χ1) is 19.5. The standard InChI is InChI=1S/C30H24FN5O3S/c1-3-15-39-25-14-11-20(16-24(25)31)27-21(18-35(33-27)22-7-5-4-6-8-22)17-26-29(37)36-30(40-26)32-28(34-36)19-9-12-23(38-2)13-10-19/h4-14,16-18H,3,15H2,1-2H3/b26-17-. The van der Waals surface area contributed by atoms with Gasteiger partial charge >= 0.3 is 0 Å². The van der Waals surface area contributed by atoms with E-state index in [2.05, 4.69) is 10.1 Å². The van der Waals surface area contributed by atoms with Crippen LogP contribution in [-0.4, -0.2) is 38.1 Å². The maximum atomic E-state index is 14.9. The van der Waals surface area contributed by atoms with Crippen LogP contribution in [-0.2, 0) is 0 Å². The van der Waals surface area contributed by atoms with Crippen molar-refractivity contribution in [3.05, 3.63) is 105 Å². The normalized spacial score (nSPS) is 11.8. The van der Waals surface area contributed by atoms with E-state index in [0.29, 0.717) is 38.7 Å². The molecule has 6 aromatic rings. The molecule has 0 aliphatic rings. The fraction of sp³-hybridized carbons (Fsp3) is 0.133. The summed E-state index contributed by atoms with van der Waals surface area (Å²) in [6, 6.07) is 21.7. The Morgan fingerprint density at radius 1 is 1.00 bits per heavy atom. The van der Waals surface area contributed by atoms with Crippen molar-refractivity contribution in [1.82, 2.24) is 24.4 Å². The first kappa shape index (κ1) is 25.4. The molecular formula is C30H24FN5O3S. The zero-order valence-electron chi connectivity index (χ0n) is 21.7. The van der Waals surface area contributed by atoms with E-state index in [4.69, 9.17) is 14.6 Å². The third-order valence-electron chi connectivity index (χ3n) is 6.25. The third-order valence-corrected chi connectivity index (χ3v) is 7.21. The average Bonchev–Trinajstić information content (AvgIpc) is 3.68. The van der Waals surface area contributed by atoms with Gasteiger partial charge in [-0.15, -0.1) is 5.10 Å². The van der Waals surface area contributed by atoms with Gasteiger partial charge in [-0.3, -0.25) is 4.79 Å². The highest BCUT2D eigenvalue weighted by atomic mass is 32.1. The Morgan fingerprint density at radius 3 is 2.48 bits per heavy atom. The number of methoxy groups -OCH3 is 1. The van der Waals surface area contributed by atoms with Crippen LogP contribution in [0.5, 0.6) is 11.5 Å². The zero-order chi connectivity index (χ0) is 27.6. The predicted octanol–water partition coefficient (Wildman–Crippen LogP) is 5.15. The number of halogens is 1. The quantitative estimate of drug-likeness (QED) is 0.259. The number of ether oxygens (including phenoxy) is 2. The highest BCUT2D eigenvalue weighted by Crippen LogP contribution is 2.29. The van der Waals surface area contributed by atoms with Crippen LogP contribution in [0.1, 0.15) is 18.9 Å². The van der Waals surface area contributed by atoms with E-state index < -0.39 is 5.82 Å². The number of hydrogen-bond donors (Lipinski definition) is 0. The summed E-state index contributed by atoms with van der Waals surface area (Å²) in [6.45, 7) is 2.39. The molecule has 0 unspecified atom stereocenters. The second-order valence-corrected chi connectivity index (χ2v) is 9.99. The molecule has 0 aliphatic carbocycles.